The fraction of sp³-hybridized carbons (Fsp3) is 0.333. The van der Waals surface area contributed by atoms with Gasteiger partial charge in [0.15, 0.2) is 22.3 Å². The zero-order valence-corrected chi connectivity index (χ0v) is 14.6. The lowest BCUT2D eigenvalue weighted by Gasteiger charge is -2.24. The molecule has 1 unspecified atom stereocenters. The second kappa shape index (κ2) is 6.58. The van der Waals surface area contributed by atoms with E-state index in [4.69, 9.17) is 0 Å². The molecule has 0 radical (unpaired) electrons. The maximum atomic E-state index is 14.2. The molecule has 1 aromatic heterocycles. The number of nitrogens with zero attached hydrogens (tertiary/aromatic N) is 1. The van der Waals surface area contributed by atoms with Gasteiger partial charge in [0.1, 0.15) is 0 Å². The van der Waals surface area contributed by atoms with Crippen molar-refractivity contribution in [3.05, 3.63) is 45.7 Å². The molecular formula is C15H13F4NO3S2. The van der Waals surface area contributed by atoms with Crippen LogP contribution in [0.2, 0.25) is 0 Å². The van der Waals surface area contributed by atoms with Gasteiger partial charge in [0.25, 0.3) is 0 Å². The highest BCUT2D eigenvalue weighted by atomic mass is 32.2. The second-order valence-electron chi connectivity index (χ2n) is 5.41. The van der Waals surface area contributed by atoms with Crippen LogP contribution in [-0.2, 0) is 10.0 Å². The van der Waals surface area contributed by atoms with Crippen LogP contribution in [0.4, 0.5) is 17.6 Å². The Balaban J connectivity index is 2.15. The lowest BCUT2D eigenvalue weighted by Crippen LogP contribution is -2.32. The Morgan fingerprint density at radius 2 is 1.80 bits per heavy atom. The molecule has 0 aliphatic carbocycles. The monoisotopic (exact) mass is 395 g/mol. The highest BCUT2D eigenvalue weighted by Gasteiger charge is 2.42. The van der Waals surface area contributed by atoms with Gasteiger partial charge >= 0.3 is 0 Å². The largest absolute Gasteiger partial charge is 0.491 e. The molecule has 1 aromatic carbocycles. The predicted molar refractivity (Wildman–Crippen MR) is 83.0 cm³/mol. The summed E-state index contributed by atoms with van der Waals surface area (Å²) >= 11 is 1.29. The molecule has 1 aliphatic heterocycles. The summed E-state index contributed by atoms with van der Waals surface area (Å²) in [7, 11) is -3.97. The van der Waals surface area contributed by atoms with Crippen LogP contribution >= 0.6 is 11.3 Å². The smallest absolute Gasteiger partial charge is 0.249 e. The van der Waals surface area contributed by atoms with Gasteiger partial charge < -0.3 is 4.74 Å². The third kappa shape index (κ3) is 2.81. The molecule has 0 saturated carbocycles. The van der Waals surface area contributed by atoms with Gasteiger partial charge in [0.2, 0.25) is 21.7 Å². The number of hydrogen-bond donors (Lipinski definition) is 0. The van der Waals surface area contributed by atoms with Crippen LogP contribution in [0.3, 0.4) is 0 Å². The highest BCUT2D eigenvalue weighted by Crippen LogP contribution is 2.41. The Hall–Kier alpha value is -1.65. The van der Waals surface area contributed by atoms with Crippen LogP contribution in [-0.4, -0.2) is 26.4 Å². The second-order valence-corrected chi connectivity index (χ2v) is 8.21. The third-order valence-electron chi connectivity index (χ3n) is 4.03. The van der Waals surface area contributed by atoms with Crippen LogP contribution < -0.4 is 4.74 Å². The minimum absolute atomic E-state index is 0.000945. The van der Waals surface area contributed by atoms with E-state index in [9.17, 15) is 26.0 Å². The molecule has 4 nitrogen and oxygen atoms in total. The topological polar surface area (TPSA) is 46.6 Å². The van der Waals surface area contributed by atoms with E-state index in [2.05, 4.69) is 4.74 Å². The Labute approximate surface area is 145 Å². The zero-order valence-electron chi connectivity index (χ0n) is 12.9. The molecule has 25 heavy (non-hydrogen) atoms. The SMILES string of the molecule is COc1c(F)c(F)c(S(=O)(=O)N2CCCC2c2cccs2)c(F)c1F. The lowest BCUT2D eigenvalue weighted by atomic mass is 10.2. The first-order valence-electron chi connectivity index (χ1n) is 7.25. The summed E-state index contributed by atoms with van der Waals surface area (Å²) in [5.41, 5.74) is 0. The van der Waals surface area contributed by atoms with Crippen molar-refractivity contribution in [2.24, 2.45) is 0 Å². The summed E-state index contributed by atoms with van der Waals surface area (Å²) in [5.74, 6) is -9.05. The van der Waals surface area contributed by atoms with E-state index in [1.807, 2.05) is 0 Å². The number of ether oxygens (including phenoxy) is 1. The minimum atomic E-state index is -4.79. The Morgan fingerprint density at radius 1 is 1.16 bits per heavy atom. The molecule has 1 aliphatic rings. The van der Waals surface area contributed by atoms with Crippen molar-refractivity contribution in [3.63, 3.8) is 0 Å². The van der Waals surface area contributed by atoms with E-state index in [-0.39, 0.29) is 6.54 Å². The summed E-state index contributed by atoms with van der Waals surface area (Å²) in [6, 6.07) is 2.79. The van der Waals surface area contributed by atoms with Gasteiger partial charge in [-0.25, -0.2) is 17.2 Å². The number of rotatable bonds is 4. The third-order valence-corrected chi connectivity index (χ3v) is 6.93. The van der Waals surface area contributed by atoms with Crippen molar-refractivity contribution >= 4 is 21.4 Å². The highest BCUT2D eigenvalue weighted by molar-refractivity contribution is 7.89. The fourth-order valence-electron chi connectivity index (χ4n) is 2.91. The van der Waals surface area contributed by atoms with E-state index in [1.54, 1.807) is 17.5 Å². The van der Waals surface area contributed by atoms with Gasteiger partial charge in [0, 0.05) is 11.4 Å². The van der Waals surface area contributed by atoms with Crippen molar-refractivity contribution in [1.82, 2.24) is 4.31 Å². The molecule has 10 heteroatoms. The number of halogens is 4. The van der Waals surface area contributed by atoms with Crippen molar-refractivity contribution in [2.75, 3.05) is 13.7 Å². The van der Waals surface area contributed by atoms with Gasteiger partial charge in [-0.2, -0.15) is 13.1 Å². The maximum absolute atomic E-state index is 14.2. The van der Waals surface area contributed by atoms with Gasteiger partial charge in [-0.1, -0.05) is 6.07 Å². The average molecular weight is 395 g/mol. The predicted octanol–water partition coefficient (Wildman–Crippen LogP) is 3.84. The first kappa shape index (κ1) is 18.2. The summed E-state index contributed by atoms with van der Waals surface area (Å²) in [5, 5.41) is 1.74. The average Bonchev–Trinajstić information content (AvgIpc) is 3.24. The number of benzene rings is 1. The fourth-order valence-corrected chi connectivity index (χ4v) is 5.64. The van der Waals surface area contributed by atoms with E-state index in [1.165, 1.54) is 11.3 Å². The first-order valence-corrected chi connectivity index (χ1v) is 9.57. The molecule has 1 atom stereocenters. The lowest BCUT2D eigenvalue weighted by molar-refractivity contribution is 0.318. The molecular weight excluding hydrogens is 382 g/mol. The van der Waals surface area contributed by atoms with Crippen molar-refractivity contribution < 1.29 is 30.7 Å². The van der Waals surface area contributed by atoms with Gasteiger partial charge in [-0.15, -0.1) is 11.3 Å². The zero-order chi connectivity index (χ0) is 18.4. The van der Waals surface area contributed by atoms with E-state index in [0.29, 0.717) is 17.7 Å². The van der Waals surface area contributed by atoms with Crippen LogP contribution in [0.1, 0.15) is 23.8 Å². The molecule has 0 amide bonds. The standard InChI is InChI=1S/C15H13F4NO3S2/c1-23-14-10(16)12(18)15(13(19)11(14)17)25(21,22)20-6-2-4-8(20)9-5-3-7-24-9/h3,5,7-8H,2,4,6H2,1H3. The summed E-state index contributed by atoms with van der Waals surface area (Å²) in [4.78, 5) is -0.942. The molecule has 2 aromatic rings. The summed E-state index contributed by atoms with van der Waals surface area (Å²) < 4.78 is 87.0. The van der Waals surface area contributed by atoms with Crippen molar-refractivity contribution in [3.8, 4) is 5.75 Å². The van der Waals surface area contributed by atoms with Gasteiger partial charge in [-0.05, 0) is 24.3 Å². The van der Waals surface area contributed by atoms with Crippen molar-refractivity contribution in [2.45, 2.75) is 23.8 Å². The van der Waals surface area contributed by atoms with Gasteiger partial charge in [0.05, 0.1) is 13.2 Å². The summed E-state index contributed by atoms with van der Waals surface area (Å²) in [6.45, 7) is -0.000945. The number of sulfonamides is 1. The molecule has 0 N–H and O–H groups in total. The molecule has 0 spiro atoms. The Bertz CT molecular complexity index is 871. The van der Waals surface area contributed by atoms with Gasteiger partial charge in [-0.3, -0.25) is 0 Å². The molecule has 2 heterocycles. The van der Waals surface area contributed by atoms with Crippen LogP contribution in [0.5, 0.6) is 5.75 Å². The Morgan fingerprint density at radius 3 is 2.32 bits per heavy atom. The molecule has 3 rings (SSSR count). The number of hydrogen-bond acceptors (Lipinski definition) is 4. The number of thiophene rings is 1. The van der Waals surface area contributed by atoms with E-state index < -0.39 is 50.0 Å². The van der Waals surface area contributed by atoms with Crippen LogP contribution in [0, 0.1) is 23.3 Å². The van der Waals surface area contributed by atoms with Crippen LogP contribution in [0.25, 0.3) is 0 Å². The van der Waals surface area contributed by atoms with Crippen LogP contribution in [0.15, 0.2) is 22.4 Å². The maximum Gasteiger partial charge on any atom is 0.249 e. The number of methoxy groups -OCH3 is 1. The van der Waals surface area contributed by atoms with E-state index >= 15 is 0 Å². The summed E-state index contributed by atoms with van der Waals surface area (Å²) in [6.07, 6.45) is 0.913. The normalized spacial score (nSPS) is 18.7. The molecule has 1 saturated heterocycles. The Kier molecular flexibility index (Phi) is 4.78. The quantitative estimate of drug-likeness (QED) is 0.584. The molecule has 0 bridgehead atoms. The minimum Gasteiger partial charge on any atom is -0.491 e. The molecule has 136 valence electrons. The van der Waals surface area contributed by atoms with E-state index in [0.717, 1.165) is 11.4 Å². The van der Waals surface area contributed by atoms with Crippen molar-refractivity contribution in [1.29, 1.82) is 0 Å². The first-order chi connectivity index (χ1) is 11.8. The molecule has 1 fully saturated rings.